The van der Waals surface area contributed by atoms with Crippen molar-refractivity contribution in [2.24, 2.45) is 5.92 Å². The fourth-order valence-corrected chi connectivity index (χ4v) is 4.92. The average molecular weight is 475 g/mol. The number of carbonyl (C=O) groups excluding carboxylic acids is 2. The van der Waals surface area contributed by atoms with Crippen LogP contribution < -0.4 is 14.5 Å². The summed E-state index contributed by atoms with van der Waals surface area (Å²) in [6.07, 6.45) is 2.49. The van der Waals surface area contributed by atoms with Crippen LogP contribution in [0.1, 0.15) is 48.1 Å². The summed E-state index contributed by atoms with van der Waals surface area (Å²) in [6, 6.07) is 22.3. The van der Waals surface area contributed by atoms with Crippen LogP contribution in [0.3, 0.4) is 0 Å². The number of hydrogen-bond acceptors (Lipinski definition) is 3. The van der Waals surface area contributed by atoms with E-state index >= 15 is 0 Å². The predicted molar refractivity (Wildman–Crippen MR) is 135 cm³/mol. The second-order valence-electron chi connectivity index (χ2n) is 9.02. The number of hydrogen-bond donors (Lipinski definition) is 0. The van der Waals surface area contributed by atoms with E-state index in [9.17, 15) is 9.59 Å². The third kappa shape index (κ3) is 4.16. The standard InChI is InChI=1S/C28H27ClN2O3/c1-18-17-26(31(28(33)19-7-8-19)22-13-11-21(29)12-14-22)24-5-3-4-6-25(24)30(18)27(32)20-9-15-23(34-2)16-10-20/h3-6,9-16,18-19,26H,7-8,17H2,1-2H3. The van der Waals surface area contributed by atoms with Crippen molar-refractivity contribution >= 4 is 34.8 Å². The molecule has 1 aliphatic heterocycles. The minimum Gasteiger partial charge on any atom is -0.497 e. The Morgan fingerprint density at radius 2 is 1.65 bits per heavy atom. The molecule has 1 saturated carbocycles. The smallest absolute Gasteiger partial charge is 0.258 e. The predicted octanol–water partition coefficient (Wildman–Crippen LogP) is 6.27. The highest BCUT2D eigenvalue weighted by molar-refractivity contribution is 6.30. The van der Waals surface area contributed by atoms with Gasteiger partial charge in [0.15, 0.2) is 0 Å². The van der Waals surface area contributed by atoms with Gasteiger partial charge in [0, 0.05) is 33.9 Å². The Labute approximate surface area is 204 Å². The molecule has 0 N–H and O–H groups in total. The highest BCUT2D eigenvalue weighted by Gasteiger charge is 2.42. The van der Waals surface area contributed by atoms with Crippen molar-refractivity contribution in [3.05, 3.63) is 88.9 Å². The molecule has 0 aromatic heterocycles. The van der Waals surface area contributed by atoms with E-state index in [1.165, 1.54) is 0 Å². The number of halogens is 1. The topological polar surface area (TPSA) is 49.9 Å². The van der Waals surface area contributed by atoms with Gasteiger partial charge in [0.2, 0.25) is 5.91 Å². The zero-order chi connectivity index (χ0) is 23.8. The van der Waals surface area contributed by atoms with Gasteiger partial charge in [-0.15, -0.1) is 0 Å². The summed E-state index contributed by atoms with van der Waals surface area (Å²) in [4.78, 5) is 30.9. The largest absolute Gasteiger partial charge is 0.497 e. The summed E-state index contributed by atoms with van der Waals surface area (Å²) in [5, 5.41) is 0.635. The molecular weight excluding hydrogens is 448 g/mol. The fourth-order valence-electron chi connectivity index (χ4n) is 4.80. The maximum Gasteiger partial charge on any atom is 0.258 e. The van der Waals surface area contributed by atoms with Gasteiger partial charge >= 0.3 is 0 Å². The third-order valence-corrected chi connectivity index (χ3v) is 6.95. The molecule has 2 aliphatic rings. The molecule has 3 aromatic carbocycles. The van der Waals surface area contributed by atoms with E-state index in [0.717, 1.165) is 29.8 Å². The van der Waals surface area contributed by atoms with Crippen molar-refractivity contribution in [3.8, 4) is 5.75 Å². The quantitative estimate of drug-likeness (QED) is 0.437. The van der Waals surface area contributed by atoms with Gasteiger partial charge in [0.05, 0.1) is 13.2 Å². The van der Waals surface area contributed by atoms with Crippen molar-refractivity contribution in [2.75, 3.05) is 16.9 Å². The van der Waals surface area contributed by atoms with E-state index in [1.54, 1.807) is 31.4 Å². The SMILES string of the molecule is COc1ccc(C(=O)N2c3ccccc3C(N(C(=O)C3CC3)c3ccc(Cl)cc3)CC2C)cc1. The normalized spacial score (nSPS) is 19.3. The van der Waals surface area contributed by atoms with Gasteiger partial charge in [0.1, 0.15) is 5.75 Å². The zero-order valence-electron chi connectivity index (χ0n) is 19.3. The van der Waals surface area contributed by atoms with E-state index in [0.29, 0.717) is 22.8 Å². The molecule has 0 saturated heterocycles. The molecule has 174 valence electrons. The van der Waals surface area contributed by atoms with E-state index in [1.807, 2.05) is 65.3 Å². The van der Waals surface area contributed by atoms with Gasteiger partial charge in [0.25, 0.3) is 5.91 Å². The molecule has 5 rings (SSSR count). The second-order valence-corrected chi connectivity index (χ2v) is 9.46. The lowest BCUT2D eigenvalue weighted by Crippen LogP contribution is -2.48. The number of anilines is 2. The van der Waals surface area contributed by atoms with Crippen LogP contribution in [-0.2, 0) is 4.79 Å². The lowest BCUT2D eigenvalue weighted by molar-refractivity contribution is -0.120. The molecule has 0 radical (unpaired) electrons. The highest BCUT2D eigenvalue weighted by Crippen LogP contribution is 2.45. The van der Waals surface area contributed by atoms with Crippen LogP contribution in [-0.4, -0.2) is 25.0 Å². The molecule has 34 heavy (non-hydrogen) atoms. The van der Waals surface area contributed by atoms with Crippen LogP contribution in [0.5, 0.6) is 5.75 Å². The molecule has 3 aromatic rings. The zero-order valence-corrected chi connectivity index (χ0v) is 20.0. The van der Waals surface area contributed by atoms with Crippen LogP contribution in [0.25, 0.3) is 0 Å². The number of amides is 2. The first-order chi connectivity index (χ1) is 16.5. The van der Waals surface area contributed by atoms with Crippen molar-refractivity contribution in [2.45, 2.75) is 38.3 Å². The molecular formula is C28H27ClN2O3. The Morgan fingerprint density at radius 1 is 0.971 bits per heavy atom. The number of rotatable bonds is 5. The monoisotopic (exact) mass is 474 g/mol. The van der Waals surface area contributed by atoms with Gasteiger partial charge in [-0.05, 0) is 86.3 Å². The highest BCUT2D eigenvalue weighted by atomic mass is 35.5. The Morgan fingerprint density at radius 3 is 2.29 bits per heavy atom. The molecule has 0 spiro atoms. The van der Waals surface area contributed by atoms with Crippen LogP contribution in [0.4, 0.5) is 11.4 Å². The number of ether oxygens (including phenoxy) is 1. The lowest BCUT2D eigenvalue weighted by Gasteiger charge is -2.43. The average Bonchev–Trinajstić information content (AvgIpc) is 3.71. The minimum absolute atomic E-state index is 0.0624. The first kappa shape index (κ1) is 22.5. The van der Waals surface area contributed by atoms with Crippen molar-refractivity contribution in [3.63, 3.8) is 0 Å². The lowest BCUT2D eigenvalue weighted by atomic mass is 9.89. The summed E-state index contributed by atoms with van der Waals surface area (Å²) >= 11 is 6.14. The van der Waals surface area contributed by atoms with Crippen LogP contribution in [0.15, 0.2) is 72.8 Å². The van der Waals surface area contributed by atoms with Crippen LogP contribution in [0.2, 0.25) is 5.02 Å². The van der Waals surface area contributed by atoms with Crippen molar-refractivity contribution in [1.82, 2.24) is 0 Å². The van der Waals surface area contributed by atoms with E-state index in [-0.39, 0.29) is 29.8 Å². The molecule has 2 amide bonds. The van der Waals surface area contributed by atoms with Crippen LogP contribution >= 0.6 is 11.6 Å². The van der Waals surface area contributed by atoms with E-state index in [2.05, 4.69) is 0 Å². The Kier molecular flexibility index (Phi) is 6.05. The Balaban J connectivity index is 1.55. The second kappa shape index (κ2) is 9.15. The maximum absolute atomic E-state index is 13.6. The number of fused-ring (bicyclic) bond motifs is 1. The fraction of sp³-hybridized carbons (Fsp3) is 0.286. The summed E-state index contributed by atoms with van der Waals surface area (Å²) in [5.41, 5.74) is 3.26. The minimum atomic E-state index is -0.166. The van der Waals surface area contributed by atoms with Gasteiger partial charge in [-0.2, -0.15) is 0 Å². The van der Waals surface area contributed by atoms with E-state index in [4.69, 9.17) is 16.3 Å². The molecule has 5 nitrogen and oxygen atoms in total. The molecule has 1 aliphatic carbocycles. The first-order valence-corrected chi connectivity index (χ1v) is 12.0. The van der Waals surface area contributed by atoms with E-state index < -0.39 is 0 Å². The summed E-state index contributed by atoms with van der Waals surface area (Å²) in [7, 11) is 1.61. The van der Waals surface area contributed by atoms with Gasteiger partial charge < -0.3 is 14.5 Å². The van der Waals surface area contributed by atoms with Gasteiger partial charge in [-0.3, -0.25) is 9.59 Å². The molecule has 1 heterocycles. The molecule has 2 unspecified atom stereocenters. The maximum atomic E-state index is 13.6. The number of benzene rings is 3. The Bertz CT molecular complexity index is 1210. The molecule has 2 atom stereocenters. The third-order valence-electron chi connectivity index (χ3n) is 6.70. The molecule has 6 heteroatoms. The molecule has 0 bridgehead atoms. The summed E-state index contributed by atoms with van der Waals surface area (Å²) in [6.45, 7) is 2.05. The summed E-state index contributed by atoms with van der Waals surface area (Å²) in [5.74, 6) is 0.856. The van der Waals surface area contributed by atoms with Gasteiger partial charge in [-0.1, -0.05) is 29.8 Å². The Hall–Kier alpha value is -3.31. The van der Waals surface area contributed by atoms with Gasteiger partial charge in [-0.25, -0.2) is 0 Å². The number of carbonyl (C=O) groups is 2. The molecule has 1 fully saturated rings. The van der Waals surface area contributed by atoms with Crippen molar-refractivity contribution in [1.29, 1.82) is 0 Å². The van der Waals surface area contributed by atoms with Crippen LogP contribution in [0, 0.1) is 5.92 Å². The first-order valence-electron chi connectivity index (χ1n) is 11.6. The number of methoxy groups -OCH3 is 1. The van der Waals surface area contributed by atoms with Crippen molar-refractivity contribution < 1.29 is 14.3 Å². The number of para-hydroxylation sites is 1. The summed E-state index contributed by atoms with van der Waals surface area (Å²) < 4.78 is 5.24. The number of nitrogens with zero attached hydrogens (tertiary/aromatic N) is 2.